The molecule has 0 radical (unpaired) electrons. The molecule has 9 heteroatoms. The molecule has 1 aliphatic rings. The summed E-state index contributed by atoms with van der Waals surface area (Å²) in [6.45, 7) is 3.55. The van der Waals surface area contributed by atoms with Crippen LogP contribution in [0.2, 0.25) is 0 Å². The predicted octanol–water partition coefficient (Wildman–Crippen LogP) is 3.65. The number of aromatic nitrogens is 3. The highest BCUT2D eigenvalue weighted by molar-refractivity contribution is 5.95. The van der Waals surface area contributed by atoms with E-state index in [1.54, 1.807) is 32.2 Å². The van der Waals surface area contributed by atoms with Crippen LogP contribution >= 0.6 is 0 Å². The van der Waals surface area contributed by atoms with Crippen LogP contribution in [0.4, 0.5) is 9.18 Å². The molecular formula is C23H22FN5O3. The van der Waals surface area contributed by atoms with Gasteiger partial charge in [0, 0.05) is 11.3 Å². The number of carbonyl (C=O) groups is 2. The third-order valence-electron chi connectivity index (χ3n) is 5.13. The second-order valence-electron chi connectivity index (χ2n) is 7.26. The maximum Gasteiger partial charge on any atom is 0.338 e. The van der Waals surface area contributed by atoms with Crippen LogP contribution in [0.1, 0.15) is 25.5 Å². The number of carbonyl (C=O) groups excluding carboxylic acids is 2. The van der Waals surface area contributed by atoms with Gasteiger partial charge in [-0.05, 0) is 31.5 Å². The molecule has 1 N–H and O–H groups in total. The highest BCUT2D eigenvalue weighted by atomic mass is 19.1. The van der Waals surface area contributed by atoms with E-state index in [0.717, 1.165) is 5.56 Å². The van der Waals surface area contributed by atoms with Crippen LogP contribution < -0.4 is 5.32 Å². The summed E-state index contributed by atoms with van der Waals surface area (Å²) in [6.07, 6.45) is 1.72. The molecule has 164 valence electrons. The van der Waals surface area contributed by atoms with Gasteiger partial charge in [0.1, 0.15) is 18.2 Å². The molecule has 2 heterocycles. The number of nitrogens with zero attached hydrogens (tertiary/aromatic N) is 4. The van der Waals surface area contributed by atoms with Crippen molar-refractivity contribution in [2.75, 3.05) is 6.61 Å². The van der Waals surface area contributed by atoms with Gasteiger partial charge in [-0.25, -0.2) is 18.7 Å². The third kappa shape index (κ3) is 4.22. The van der Waals surface area contributed by atoms with Gasteiger partial charge >= 0.3 is 12.0 Å². The van der Waals surface area contributed by atoms with Crippen LogP contribution in [-0.4, -0.2) is 38.5 Å². The number of nitrogens with one attached hydrogen (secondary N) is 1. The van der Waals surface area contributed by atoms with Gasteiger partial charge in [0.2, 0.25) is 0 Å². The second-order valence-corrected chi connectivity index (χ2v) is 7.26. The molecule has 8 nitrogen and oxygen atoms in total. The number of allylic oxidation sites excluding steroid dienone is 1. The molecule has 0 bridgehead atoms. The molecule has 0 saturated carbocycles. The van der Waals surface area contributed by atoms with E-state index in [1.807, 2.05) is 30.3 Å². The topological polar surface area (TPSA) is 89.4 Å². The molecule has 2 aromatic carbocycles. The lowest BCUT2D eigenvalue weighted by Crippen LogP contribution is -2.49. The normalized spacial score (nSPS) is 16.2. The Morgan fingerprint density at radius 1 is 1.16 bits per heavy atom. The first kappa shape index (κ1) is 21.2. The third-order valence-corrected chi connectivity index (χ3v) is 5.13. The monoisotopic (exact) mass is 435 g/mol. The van der Waals surface area contributed by atoms with Gasteiger partial charge in [-0.2, -0.15) is 0 Å². The van der Waals surface area contributed by atoms with Crippen LogP contribution in [0.3, 0.4) is 0 Å². The van der Waals surface area contributed by atoms with Crippen molar-refractivity contribution in [3.63, 3.8) is 0 Å². The van der Waals surface area contributed by atoms with Gasteiger partial charge < -0.3 is 10.1 Å². The lowest BCUT2D eigenvalue weighted by Gasteiger charge is -2.37. The van der Waals surface area contributed by atoms with E-state index in [0.29, 0.717) is 17.0 Å². The van der Waals surface area contributed by atoms with Crippen LogP contribution in [0.5, 0.6) is 0 Å². The largest absolute Gasteiger partial charge is 0.463 e. The number of halogens is 1. The number of ether oxygens (including phenoxy) is 1. The molecule has 32 heavy (non-hydrogen) atoms. The minimum atomic E-state index is -0.784. The van der Waals surface area contributed by atoms with Gasteiger partial charge in [-0.15, -0.1) is 5.10 Å². The number of benzene rings is 2. The lowest BCUT2D eigenvalue weighted by atomic mass is 9.94. The van der Waals surface area contributed by atoms with E-state index in [2.05, 4.69) is 15.6 Å². The smallest absolute Gasteiger partial charge is 0.338 e. The fourth-order valence-corrected chi connectivity index (χ4v) is 3.65. The Balaban J connectivity index is 1.72. The Bertz CT molecular complexity index is 1160. The summed E-state index contributed by atoms with van der Waals surface area (Å²) < 4.78 is 20.3. The fourth-order valence-electron chi connectivity index (χ4n) is 3.65. The maximum absolute atomic E-state index is 13.6. The van der Waals surface area contributed by atoms with Gasteiger partial charge in [-0.1, -0.05) is 47.7 Å². The number of hydrogen-bond donors (Lipinski definition) is 1. The van der Waals surface area contributed by atoms with Crippen molar-refractivity contribution >= 4 is 12.0 Å². The predicted molar refractivity (Wildman–Crippen MR) is 114 cm³/mol. The van der Waals surface area contributed by atoms with Crippen molar-refractivity contribution in [3.8, 4) is 11.3 Å². The van der Waals surface area contributed by atoms with E-state index in [1.165, 1.54) is 21.7 Å². The Morgan fingerprint density at radius 2 is 1.88 bits per heavy atom. The molecule has 1 aromatic heterocycles. The summed E-state index contributed by atoms with van der Waals surface area (Å²) in [5, 5.41) is 11.0. The fraction of sp³-hybridized carbons (Fsp3) is 0.217. The number of hydrogen-bond acceptors (Lipinski definition) is 5. The molecule has 0 saturated heterocycles. The molecule has 2 amide bonds. The summed E-state index contributed by atoms with van der Waals surface area (Å²) in [5.41, 5.74) is 2.79. The maximum atomic E-state index is 13.6. The van der Waals surface area contributed by atoms with E-state index >= 15 is 0 Å². The van der Waals surface area contributed by atoms with Crippen molar-refractivity contribution in [1.82, 2.24) is 25.2 Å². The zero-order chi connectivity index (χ0) is 22.7. The zero-order valence-corrected chi connectivity index (χ0v) is 17.7. The zero-order valence-electron chi connectivity index (χ0n) is 17.7. The summed E-state index contributed by atoms with van der Waals surface area (Å²) in [6, 6.07) is 14.0. The number of urea groups is 1. The Kier molecular flexibility index (Phi) is 5.98. The summed E-state index contributed by atoms with van der Waals surface area (Å²) in [5.74, 6) is -0.962. The first-order valence-corrected chi connectivity index (χ1v) is 10.1. The van der Waals surface area contributed by atoms with Gasteiger partial charge in [0.05, 0.1) is 24.4 Å². The Morgan fingerprint density at radius 3 is 2.56 bits per heavy atom. The van der Waals surface area contributed by atoms with Crippen molar-refractivity contribution in [2.45, 2.75) is 26.6 Å². The highest BCUT2D eigenvalue weighted by Gasteiger charge is 2.38. The molecule has 1 atom stereocenters. The summed E-state index contributed by atoms with van der Waals surface area (Å²) in [7, 11) is 0. The van der Waals surface area contributed by atoms with Crippen LogP contribution in [-0.2, 0) is 16.2 Å². The minimum absolute atomic E-state index is 0.0178. The summed E-state index contributed by atoms with van der Waals surface area (Å²) in [4.78, 5) is 27.2. The van der Waals surface area contributed by atoms with Crippen molar-refractivity contribution < 1.29 is 18.7 Å². The van der Waals surface area contributed by atoms with Crippen LogP contribution in [0, 0.1) is 5.82 Å². The van der Waals surface area contributed by atoms with Crippen molar-refractivity contribution in [1.29, 1.82) is 0 Å². The number of esters is 1. The Labute approximate surface area is 184 Å². The van der Waals surface area contributed by atoms with E-state index in [-0.39, 0.29) is 18.8 Å². The van der Waals surface area contributed by atoms with Gasteiger partial charge in [0.25, 0.3) is 0 Å². The second kappa shape index (κ2) is 9.01. The average Bonchev–Trinajstić information content (AvgIpc) is 3.25. The van der Waals surface area contributed by atoms with Crippen LogP contribution in [0.15, 0.2) is 72.1 Å². The average molecular weight is 435 g/mol. The molecule has 1 unspecified atom stereocenters. The molecular weight excluding hydrogens is 413 g/mol. The molecule has 3 aromatic rings. The molecule has 1 aliphatic heterocycles. The molecule has 0 aliphatic carbocycles. The quantitative estimate of drug-likeness (QED) is 0.597. The Hall–Kier alpha value is -4.01. The molecule has 0 spiro atoms. The van der Waals surface area contributed by atoms with E-state index in [9.17, 15) is 14.0 Å². The highest BCUT2D eigenvalue weighted by Crippen LogP contribution is 2.35. The van der Waals surface area contributed by atoms with Crippen molar-refractivity contribution in [2.24, 2.45) is 0 Å². The minimum Gasteiger partial charge on any atom is -0.463 e. The van der Waals surface area contributed by atoms with Crippen LogP contribution in [0.25, 0.3) is 11.3 Å². The lowest BCUT2D eigenvalue weighted by molar-refractivity contribution is -0.139. The first-order chi connectivity index (χ1) is 15.5. The summed E-state index contributed by atoms with van der Waals surface area (Å²) >= 11 is 0. The molecule has 0 fully saturated rings. The molecule has 4 rings (SSSR count). The van der Waals surface area contributed by atoms with E-state index < -0.39 is 23.9 Å². The van der Waals surface area contributed by atoms with Gasteiger partial charge in [0.15, 0.2) is 0 Å². The first-order valence-electron chi connectivity index (χ1n) is 10.1. The SMILES string of the molecule is CCOC(=O)C1=C(C)NC(=O)N(Cn2cc(-c3ccccc3)nn2)C1c1ccc(F)cc1. The van der Waals surface area contributed by atoms with Crippen molar-refractivity contribution in [3.05, 3.63) is 83.4 Å². The number of amides is 2. The number of rotatable bonds is 6. The standard InChI is InChI=1S/C23H22FN5O3/c1-3-32-22(30)20-15(2)25-23(31)29(21(20)17-9-11-18(24)12-10-17)14-28-13-19(26-27-28)16-7-5-4-6-8-16/h4-13,21H,3,14H2,1-2H3,(H,25,31). The van der Waals surface area contributed by atoms with Gasteiger partial charge in [-0.3, -0.25) is 4.90 Å². The van der Waals surface area contributed by atoms with E-state index in [4.69, 9.17) is 4.74 Å².